The number of hydrogen-bond acceptors (Lipinski definition) is 2. The van der Waals surface area contributed by atoms with Crippen molar-refractivity contribution in [3.05, 3.63) is 33.1 Å². The van der Waals surface area contributed by atoms with Gasteiger partial charge in [0.1, 0.15) is 11.3 Å². The zero-order valence-electron chi connectivity index (χ0n) is 9.22. The van der Waals surface area contributed by atoms with Gasteiger partial charge in [-0.1, -0.05) is 0 Å². The van der Waals surface area contributed by atoms with Crippen LogP contribution in [0.25, 0.3) is 11.0 Å². The second-order valence-electron chi connectivity index (χ2n) is 4.45. The van der Waals surface area contributed by atoms with Gasteiger partial charge in [-0.2, -0.15) is 0 Å². The van der Waals surface area contributed by atoms with Gasteiger partial charge >= 0.3 is 0 Å². The van der Waals surface area contributed by atoms with Crippen LogP contribution in [-0.2, 0) is 6.54 Å². The Labute approximate surface area is 109 Å². The van der Waals surface area contributed by atoms with Gasteiger partial charge in [0.05, 0.1) is 6.54 Å². The molecule has 1 aliphatic rings. The Bertz CT molecular complexity index is 528. The fourth-order valence-corrected chi connectivity index (χ4v) is 2.43. The molecule has 0 saturated heterocycles. The summed E-state index contributed by atoms with van der Waals surface area (Å²) in [5.74, 6) is 1.09. The summed E-state index contributed by atoms with van der Waals surface area (Å²) < 4.78 is 7.13. The first-order valence-corrected chi connectivity index (χ1v) is 6.73. The quantitative estimate of drug-likeness (QED) is 0.872. The van der Waals surface area contributed by atoms with E-state index in [0.29, 0.717) is 0 Å². The van der Waals surface area contributed by atoms with E-state index >= 15 is 0 Å². The van der Waals surface area contributed by atoms with Gasteiger partial charge in [-0.15, -0.1) is 0 Å². The lowest BCUT2D eigenvalue weighted by molar-refractivity contribution is 0.509. The van der Waals surface area contributed by atoms with Gasteiger partial charge in [0.25, 0.3) is 0 Å². The monoisotopic (exact) mass is 327 g/mol. The molecule has 0 amide bonds. The molecule has 2 nitrogen and oxygen atoms in total. The highest BCUT2D eigenvalue weighted by Gasteiger charge is 2.21. The van der Waals surface area contributed by atoms with E-state index in [0.717, 1.165) is 23.9 Å². The lowest BCUT2D eigenvalue weighted by Crippen LogP contribution is -2.15. The van der Waals surface area contributed by atoms with E-state index in [1.54, 1.807) is 0 Å². The minimum absolute atomic E-state index is 0.729. The van der Waals surface area contributed by atoms with Gasteiger partial charge in [0.2, 0.25) is 0 Å². The molecule has 1 aliphatic carbocycles. The van der Waals surface area contributed by atoms with Crippen LogP contribution < -0.4 is 5.32 Å². The third-order valence-corrected chi connectivity index (χ3v) is 3.80. The first kappa shape index (κ1) is 10.6. The molecule has 3 rings (SSSR count). The maximum atomic E-state index is 5.87. The van der Waals surface area contributed by atoms with Crippen molar-refractivity contribution in [2.45, 2.75) is 32.4 Å². The van der Waals surface area contributed by atoms with Gasteiger partial charge in [0.15, 0.2) is 0 Å². The fourth-order valence-electron chi connectivity index (χ4n) is 1.94. The molecule has 1 fully saturated rings. The Hall–Kier alpha value is -0.550. The Morgan fingerprint density at radius 3 is 3.00 bits per heavy atom. The molecule has 1 aromatic carbocycles. The van der Waals surface area contributed by atoms with Crippen LogP contribution in [-0.4, -0.2) is 6.04 Å². The van der Waals surface area contributed by atoms with Gasteiger partial charge < -0.3 is 9.73 Å². The van der Waals surface area contributed by atoms with E-state index in [4.69, 9.17) is 4.42 Å². The summed E-state index contributed by atoms with van der Waals surface area (Å²) in [6.07, 6.45) is 2.63. The van der Waals surface area contributed by atoms with E-state index in [2.05, 4.69) is 53.0 Å². The molecule has 0 radical (unpaired) electrons. The number of aryl methyl sites for hydroxylation is 1. The van der Waals surface area contributed by atoms with Crippen LogP contribution in [0.1, 0.15) is 24.2 Å². The highest BCUT2D eigenvalue weighted by atomic mass is 127. The molecule has 1 N–H and O–H groups in total. The van der Waals surface area contributed by atoms with E-state index in [1.807, 2.05) is 0 Å². The number of nitrogens with one attached hydrogen (secondary N) is 1. The van der Waals surface area contributed by atoms with Crippen molar-refractivity contribution >= 4 is 33.6 Å². The van der Waals surface area contributed by atoms with Crippen molar-refractivity contribution in [1.82, 2.24) is 5.32 Å². The molecule has 3 heteroatoms. The summed E-state index contributed by atoms with van der Waals surface area (Å²) in [7, 11) is 0. The minimum atomic E-state index is 0.729. The van der Waals surface area contributed by atoms with E-state index in [1.165, 1.54) is 27.4 Å². The van der Waals surface area contributed by atoms with Crippen molar-refractivity contribution in [2.24, 2.45) is 0 Å². The maximum Gasteiger partial charge on any atom is 0.134 e. The summed E-state index contributed by atoms with van der Waals surface area (Å²) >= 11 is 2.34. The molecule has 16 heavy (non-hydrogen) atoms. The number of halogens is 1. The zero-order valence-corrected chi connectivity index (χ0v) is 11.4. The predicted octanol–water partition coefficient (Wildman–Crippen LogP) is 3.60. The third-order valence-electron chi connectivity index (χ3n) is 3.13. The van der Waals surface area contributed by atoms with Crippen LogP contribution >= 0.6 is 22.6 Å². The highest BCUT2D eigenvalue weighted by molar-refractivity contribution is 14.1. The first-order chi connectivity index (χ1) is 7.74. The van der Waals surface area contributed by atoms with Crippen LogP contribution in [0.4, 0.5) is 0 Å². The molecule has 1 aromatic heterocycles. The molecule has 0 atom stereocenters. The molecule has 0 spiro atoms. The van der Waals surface area contributed by atoms with E-state index < -0.39 is 0 Å². The van der Waals surface area contributed by atoms with Crippen LogP contribution in [0.3, 0.4) is 0 Å². The second kappa shape index (κ2) is 4.04. The van der Waals surface area contributed by atoms with Crippen LogP contribution in [0, 0.1) is 10.5 Å². The molecule has 2 aromatic rings. The average Bonchev–Trinajstić information content (AvgIpc) is 3.04. The number of fused-ring (bicyclic) bond motifs is 1. The number of hydrogen-bond donors (Lipinski definition) is 1. The van der Waals surface area contributed by atoms with E-state index in [-0.39, 0.29) is 0 Å². The van der Waals surface area contributed by atoms with Gasteiger partial charge in [-0.3, -0.25) is 0 Å². The Morgan fingerprint density at radius 2 is 2.25 bits per heavy atom. The van der Waals surface area contributed by atoms with Crippen LogP contribution in [0.5, 0.6) is 0 Å². The summed E-state index contributed by atoms with van der Waals surface area (Å²) in [4.78, 5) is 0. The Balaban J connectivity index is 1.94. The van der Waals surface area contributed by atoms with Crippen LogP contribution in [0.2, 0.25) is 0 Å². The molecule has 0 unspecified atom stereocenters. The minimum Gasteiger partial charge on any atom is -0.459 e. The first-order valence-electron chi connectivity index (χ1n) is 5.65. The van der Waals surface area contributed by atoms with E-state index in [9.17, 15) is 0 Å². The normalized spacial score (nSPS) is 15.9. The summed E-state index contributed by atoms with van der Waals surface area (Å²) in [5, 5.41) is 4.74. The lowest BCUT2D eigenvalue weighted by atomic mass is 10.1. The summed E-state index contributed by atoms with van der Waals surface area (Å²) in [6.45, 7) is 3.01. The number of furan rings is 1. The van der Waals surface area contributed by atoms with Gasteiger partial charge in [0, 0.05) is 15.0 Å². The molecule has 84 valence electrons. The molecule has 0 bridgehead atoms. The second-order valence-corrected chi connectivity index (χ2v) is 5.69. The smallest absolute Gasteiger partial charge is 0.134 e. The topological polar surface area (TPSA) is 25.2 Å². The number of rotatable bonds is 3. The molecule has 1 heterocycles. The summed E-state index contributed by atoms with van der Waals surface area (Å²) in [5.41, 5.74) is 2.28. The van der Waals surface area contributed by atoms with Gasteiger partial charge in [-0.25, -0.2) is 0 Å². The van der Waals surface area contributed by atoms with Crippen molar-refractivity contribution < 1.29 is 4.42 Å². The largest absolute Gasteiger partial charge is 0.459 e. The van der Waals surface area contributed by atoms with Gasteiger partial charge in [-0.05, 0) is 66.1 Å². The van der Waals surface area contributed by atoms with Crippen molar-refractivity contribution in [1.29, 1.82) is 0 Å². The Kier molecular flexibility index (Phi) is 2.67. The SMILES string of the molecule is Cc1c(CNC2CC2)oc2ccc(I)cc12. The highest BCUT2D eigenvalue weighted by Crippen LogP contribution is 2.27. The molecule has 1 saturated carbocycles. The molecular formula is C13H14INO. The third kappa shape index (κ3) is 1.98. The van der Waals surface area contributed by atoms with Crippen molar-refractivity contribution in [2.75, 3.05) is 0 Å². The predicted molar refractivity (Wildman–Crippen MR) is 73.5 cm³/mol. The Morgan fingerprint density at radius 1 is 1.44 bits per heavy atom. The standard InChI is InChI=1S/C13H14INO/c1-8-11-6-9(14)2-5-12(11)16-13(8)7-15-10-3-4-10/h2,5-6,10,15H,3-4,7H2,1H3. The zero-order chi connectivity index (χ0) is 11.1. The maximum absolute atomic E-state index is 5.87. The van der Waals surface area contributed by atoms with Crippen LogP contribution in [0.15, 0.2) is 22.6 Å². The van der Waals surface area contributed by atoms with Crippen molar-refractivity contribution in [3.63, 3.8) is 0 Å². The lowest BCUT2D eigenvalue weighted by Gasteiger charge is -1.99. The summed E-state index contributed by atoms with van der Waals surface area (Å²) in [6, 6.07) is 7.07. The molecule has 0 aliphatic heterocycles. The molecular weight excluding hydrogens is 313 g/mol. The van der Waals surface area contributed by atoms with Crippen molar-refractivity contribution in [3.8, 4) is 0 Å². The number of benzene rings is 1. The average molecular weight is 327 g/mol. The fraction of sp³-hybridized carbons (Fsp3) is 0.385.